The Morgan fingerprint density at radius 1 is 1.23 bits per heavy atom. The molecule has 2 aromatic rings. The normalized spacial score (nSPS) is 21.9. The van der Waals surface area contributed by atoms with Crippen molar-refractivity contribution in [2.75, 3.05) is 13.1 Å². The minimum absolute atomic E-state index is 0.115. The summed E-state index contributed by atoms with van der Waals surface area (Å²) in [7, 11) is 0. The van der Waals surface area contributed by atoms with E-state index in [0.29, 0.717) is 24.5 Å². The van der Waals surface area contributed by atoms with E-state index in [0.717, 1.165) is 0 Å². The second kappa shape index (κ2) is 5.88. The van der Waals surface area contributed by atoms with Gasteiger partial charge < -0.3 is 10.2 Å². The molecular weight excluding hydrogens is 283 g/mol. The van der Waals surface area contributed by atoms with Gasteiger partial charge in [-0.2, -0.15) is 5.10 Å². The third-order valence-corrected chi connectivity index (χ3v) is 3.75. The number of hydrogen-bond donors (Lipinski definition) is 1. The first-order valence-electron chi connectivity index (χ1n) is 7.40. The molecule has 1 N–H and O–H groups in total. The molecule has 5 nitrogen and oxygen atoms in total. The fraction of sp³-hybridized carbons (Fsp3) is 0.375. The second-order valence-corrected chi connectivity index (χ2v) is 5.78. The standard InChI is InChI=1S/C16H19FN4O/c1-11-9-20(10-12(2)18-11)16(22)14-7-8-21(19-14)15-6-4-3-5-13(15)17/h3-8,11-12,18H,9-10H2,1-2H3/t11-,12-/m1/s1. The molecule has 0 radical (unpaired) electrons. The Kier molecular flexibility index (Phi) is 3.94. The third kappa shape index (κ3) is 2.87. The van der Waals surface area contributed by atoms with Crippen LogP contribution in [0.4, 0.5) is 4.39 Å². The topological polar surface area (TPSA) is 50.2 Å². The number of halogens is 1. The fourth-order valence-electron chi connectivity index (χ4n) is 2.86. The van der Waals surface area contributed by atoms with Crippen LogP contribution in [0.2, 0.25) is 0 Å². The van der Waals surface area contributed by atoms with Crippen LogP contribution in [-0.2, 0) is 0 Å². The number of hydrogen-bond acceptors (Lipinski definition) is 3. The molecule has 6 heteroatoms. The molecule has 3 rings (SSSR count). The van der Waals surface area contributed by atoms with Gasteiger partial charge in [-0.25, -0.2) is 9.07 Å². The quantitative estimate of drug-likeness (QED) is 0.921. The van der Waals surface area contributed by atoms with Crippen LogP contribution in [0.5, 0.6) is 0 Å². The van der Waals surface area contributed by atoms with Crippen molar-refractivity contribution < 1.29 is 9.18 Å². The molecule has 0 saturated carbocycles. The highest BCUT2D eigenvalue weighted by Crippen LogP contribution is 2.14. The van der Waals surface area contributed by atoms with Gasteiger partial charge in [0.25, 0.3) is 5.91 Å². The number of carbonyl (C=O) groups is 1. The number of nitrogens with zero attached hydrogens (tertiary/aromatic N) is 3. The van der Waals surface area contributed by atoms with Crippen molar-refractivity contribution in [3.05, 3.63) is 48.0 Å². The molecule has 116 valence electrons. The summed E-state index contributed by atoms with van der Waals surface area (Å²) >= 11 is 0. The summed E-state index contributed by atoms with van der Waals surface area (Å²) in [6.45, 7) is 5.40. The first kappa shape index (κ1) is 14.7. The lowest BCUT2D eigenvalue weighted by atomic mass is 10.1. The third-order valence-electron chi connectivity index (χ3n) is 3.75. The van der Waals surface area contributed by atoms with Crippen LogP contribution < -0.4 is 5.32 Å². The molecule has 0 bridgehead atoms. The molecule has 0 unspecified atom stereocenters. The molecule has 1 amide bonds. The average Bonchev–Trinajstić information content (AvgIpc) is 2.95. The summed E-state index contributed by atoms with van der Waals surface area (Å²) in [5.41, 5.74) is 0.674. The van der Waals surface area contributed by atoms with Gasteiger partial charge in [0, 0.05) is 31.4 Å². The van der Waals surface area contributed by atoms with E-state index in [1.54, 1.807) is 35.4 Å². The van der Waals surface area contributed by atoms with Gasteiger partial charge in [-0.15, -0.1) is 0 Å². The molecule has 22 heavy (non-hydrogen) atoms. The number of piperazine rings is 1. The van der Waals surface area contributed by atoms with Crippen LogP contribution in [0.15, 0.2) is 36.5 Å². The highest BCUT2D eigenvalue weighted by atomic mass is 19.1. The van der Waals surface area contributed by atoms with Gasteiger partial charge in [0.2, 0.25) is 0 Å². The van der Waals surface area contributed by atoms with Crippen molar-refractivity contribution in [2.24, 2.45) is 0 Å². The van der Waals surface area contributed by atoms with E-state index in [4.69, 9.17) is 0 Å². The van der Waals surface area contributed by atoms with Crippen molar-refractivity contribution in [3.8, 4) is 5.69 Å². The number of amides is 1. The maximum atomic E-state index is 13.8. The smallest absolute Gasteiger partial charge is 0.274 e. The molecule has 0 spiro atoms. The van der Waals surface area contributed by atoms with Crippen LogP contribution in [-0.4, -0.2) is 45.8 Å². The van der Waals surface area contributed by atoms with E-state index in [9.17, 15) is 9.18 Å². The molecule has 2 heterocycles. The van der Waals surface area contributed by atoms with Gasteiger partial charge in [0.15, 0.2) is 5.69 Å². The number of benzene rings is 1. The summed E-state index contributed by atoms with van der Waals surface area (Å²) in [4.78, 5) is 14.3. The van der Waals surface area contributed by atoms with Gasteiger partial charge in [0.05, 0.1) is 0 Å². The molecule has 1 aromatic carbocycles. The lowest BCUT2D eigenvalue weighted by molar-refractivity contribution is 0.0667. The van der Waals surface area contributed by atoms with E-state index < -0.39 is 0 Å². The van der Waals surface area contributed by atoms with E-state index >= 15 is 0 Å². The predicted octanol–water partition coefficient (Wildman–Crippen LogP) is 1.83. The largest absolute Gasteiger partial charge is 0.334 e. The first-order chi connectivity index (χ1) is 10.5. The van der Waals surface area contributed by atoms with Crippen molar-refractivity contribution in [3.63, 3.8) is 0 Å². The van der Waals surface area contributed by atoms with Gasteiger partial charge >= 0.3 is 0 Å². The molecule has 2 atom stereocenters. The zero-order valence-electron chi connectivity index (χ0n) is 12.7. The van der Waals surface area contributed by atoms with Crippen molar-refractivity contribution in [1.82, 2.24) is 20.0 Å². The second-order valence-electron chi connectivity index (χ2n) is 5.78. The fourth-order valence-corrected chi connectivity index (χ4v) is 2.86. The molecule has 1 aromatic heterocycles. The van der Waals surface area contributed by atoms with Crippen LogP contribution in [0.1, 0.15) is 24.3 Å². The van der Waals surface area contributed by atoms with E-state index in [1.807, 2.05) is 13.8 Å². The average molecular weight is 302 g/mol. The minimum Gasteiger partial charge on any atom is -0.334 e. The summed E-state index contributed by atoms with van der Waals surface area (Å²) in [6.07, 6.45) is 1.61. The molecule has 1 saturated heterocycles. The maximum Gasteiger partial charge on any atom is 0.274 e. The Labute approximate surface area is 128 Å². The lowest BCUT2D eigenvalue weighted by Gasteiger charge is -2.35. The molecule has 1 fully saturated rings. The zero-order valence-corrected chi connectivity index (χ0v) is 12.7. The molecule has 0 aliphatic carbocycles. The van der Waals surface area contributed by atoms with E-state index in [1.165, 1.54) is 10.7 Å². The number of rotatable bonds is 2. The Balaban J connectivity index is 1.82. The number of carbonyl (C=O) groups excluding carboxylic acids is 1. The lowest BCUT2D eigenvalue weighted by Crippen LogP contribution is -2.55. The number of nitrogens with one attached hydrogen (secondary N) is 1. The summed E-state index contributed by atoms with van der Waals surface area (Å²) in [5.74, 6) is -0.482. The van der Waals surface area contributed by atoms with Crippen LogP contribution in [0.25, 0.3) is 5.69 Å². The SMILES string of the molecule is C[C@@H]1CN(C(=O)c2ccn(-c3ccccc3F)n2)C[C@@H](C)N1. The maximum absolute atomic E-state index is 13.8. The summed E-state index contributed by atoms with van der Waals surface area (Å²) < 4.78 is 15.2. The van der Waals surface area contributed by atoms with Crippen molar-refractivity contribution in [1.29, 1.82) is 0 Å². The predicted molar refractivity (Wildman–Crippen MR) is 81.5 cm³/mol. The van der Waals surface area contributed by atoms with E-state index in [-0.39, 0.29) is 23.8 Å². The number of aromatic nitrogens is 2. The summed E-state index contributed by atoms with van der Waals surface area (Å²) in [6, 6.07) is 8.50. The van der Waals surface area contributed by atoms with Crippen LogP contribution >= 0.6 is 0 Å². The monoisotopic (exact) mass is 302 g/mol. The zero-order chi connectivity index (χ0) is 15.7. The Morgan fingerprint density at radius 3 is 2.59 bits per heavy atom. The van der Waals surface area contributed by atoms with Gasteiger partial charge in [-0.05, 0) is 32.0 Å². The molecular formula is C16H19FN4O. The number of para-hydroxylation sites is 1. The minimum atomic E-state index is -0.367. The highest BCUT2D eigenvalue weighted by Gasteiger charge is 2.26. The summed E-state index contributed by atoms with van der Waals surface area (Å²) in [5, 5.41) is 7.62. The Morgan fingerprint density at radius 2 is 1.91 bits per heavy atom. The van der Waals surface area contributed by atoms with Crippen LogP contribution in [0.3, 0.4) is 0 Å². The first-order valence-corrected chi connectivity index (χ1v) is 7.40. The molecule has 1 aliphatic heterocycles. The Hall–Kier alpha value is -2.21. The van der Waals surface area contributed by atoms with Gasteiger partial charge in [-0.3, -0.25) is 4.79 Å². The van der Waals surface area contributed by atoms with Gasteiger partial charge in [0.1, 0.15) is 11.5 Å². The van der Waals surface area contributed by atoms with Crippen molar-refractivity contribution >= 4 is 5.91 Å². The van der Waals surface area contributed by atoms with E-state index in [2.05, 4.69) is 10.4 Å². The Bertz CT molecular complexity index is 674. The highest BCUT2D eigenvalue weighted by molar-refractivity contribution is 5.92. The van der Waals surface area contributed by atoms with Crippen molar-refractivity contribution in [2.45, 2.75) is 25.9 Å². The molecule has 1 aliphatic rings. The van der Waals surface area contributed by atoms with Gasteiger partial charge in [-0.1, -0.05) is 12.1 Å². The van der Waals surface area contributed by atoms with Crippen LogP contribution in [0, 0.1) is 5.82 Å².